The summed E-state index contributed by atoms with van der Waals surface area (Å²) in [6, 6.07) is 8.18. The number of nitrogens with one attached hydrogen (secondary N) is 2. The van der Waals surface area contributed by atoms with E-state index in [-0.39, 0.29) is 6.54 Å². The van der Waals surface area contributed by atoms with Crippen LogP contribution in [0.1, 0.15) is 21.6 Å². The zero-order chi connectivity index (χ0) is 16.3. The maximum Gasteiger partial charge on any atom is 0.431 e. The van der Waals surface area contributed by atoms with Crippen LogP contribution in [-0.4, -0.2) is 10.9 Å². The number of carbonyl (C=O) groups is 1. The van der Waals surface area contributed by atoms with Crippen molar-refractivity contribution in [2.24, 2.45) is 0 Å². The van der Waals surface area contributed by atoms with Gasteiger partial charge in [-0.25, -0.2) is 0 Å². The van der Waals surface area contributed by atoms with Crippen LogP contribution in [-0.2, 0) is 12.7 Å². The summed E-state index contributed by atoms with van der Waals surface area (Å²) in [7, 11) is 0. The molecule has 4 nitrogen and oxygen atoms in total. The first-order valence-corrected chi connectivity index (χ1v) is 6.48. The van der Waals surface area contributed by atoms with E-state index in [0.717, 1.165) is 6.07 Å². The zero-order valence-corrected chi connectivity index (χ0v) is 11.8. The molecule has 0 saturated carbocycles. The molecule has 1 amide bonds. The topological polar surface area (TPSA) is 62.0 Å². The molecular weight excluding hydrogens is 321 g/mol. The predicted octanol–water partition coefficient (Wildman–Crippen LogP) is 2.98. The number of alkyl halides is 3. The number of hydrogen-bond donors (Lipinski definition) is 2. The van der Waals surface area contributed by atoms with Crippen molar-refractivity contribution in [2.75, 3.05) is 0 Å². The van der Waals surface area contributed by atoms with E-state index < -0.39 is 28.9 Å². The van der Waals surface area contributed by atoms with Gasteiger partial charge in [-0.1, -0.05) is 23.7 Å². The lowest BCUT2D eigenvalue weighted by atomic mass is 10.2. The summed E-state index contributed by atoms with van der Waals surface area (Å²) in [5.74, 6) is -0.769. The van der Waals surface area contributed by atoms with Crippen molar-refractivity contribution < 1.29 is 18.0 Å². The van der Waals surface area contributed by atoms with Crippen molar-refractivity contribution in [2.45, 2.75) is 12.7 Å². The number of aromatic nitrogens is 1. The van der Waals surface area contributed by atoms with Crippen molar-refractivity contribution in [3.8, 4) is 0 Å². The van der Waals surface area contributed by atoms with Crippen molar-refractivity contribution in [3.63, 3.8) is 0 Å². The molecule has 0 bridgehead atoms. The van der Waals surface area contributed by atoms with Gasteiger partial charge in [0.05, 0.1) is 0 Å². The van der Waals surface area contributed by atoms with Crippen molar-refractivity contribution >= 4 is 17.5 Å². The van der Waals surface area contributed by atoms with Crippen molar-refractivity contribution in [1.82, 2.24) is 10.3 Å². The number of hydrogen-bond acceptors (Lipinski definition) is 2. The van der Waals surface area contributed by atoms with Gasteiger partial charge < -0.3 is 10.3 Å². The second kappa shape index (κ2) is 6.23. The molecule has 0 spiro atoms. The van der Waals surface area contributed by atoms with Crippen LogP contribution in [0.5, 0.6) is 0 Å². The average Bonchev–Trinajstić information content (AvgIpc) is 2.44. The van der Waals surface area contributed by atoms with Gasteiger partial charge in [-0.05, 0) is 29.8 Å². The van der Waals surface area contributed by atoms with Gasteiger partial charge in [-0.2, -0.15) is 13.2 Å². The SMILES string of the molecule is O=C(NCc1cccc(Cl)c1)c1ccc(C(F)(F)F)[nH]c1=O. The molecule has 2 N–H and O–H groups in total. The molecule has 2 rings (SSSR count). The first-order chi connectivity index (χ1) is 10.3. The number of rotatable bonds is 3. The van der Waals surface area contributed by atoms with Crippen LogP contribution in [0.25, 0.3) is 0 Å². The Labute approximate surface area is 127 Å². The van der Waals surface area contributed by atoms with E-state index in [9.17, 15) is 22.8 Å². The van der Waals surface area contributed by atoms with Gasteiger partial charge >= 0.3 is 6.18 Å². The third kappa shape index (κ3) is 3.88. The molecule has 0 aliphatic carbocycles. The van der Waals surface area contributed by atoms with Gasteiger partial charge in [0.25, 0.3) is 11.5 Å². The number of carbonyl (C=O) groups excluding carboxylic acids is 1. The lowest BCUT2D eigenvalue weighted by Gasteiger charge is -2.08. The first kappa shape index (κ1) is 16.1. The molecule has 0 atom stereocenters. The van der Waals surface area contributed by atoms with Crippen LogP contribution in [0.2, 0.25) is 5.02 Å². The van der Waals surface area contributed by atoms with Crippen molar-refractivity contribution in [1.29, 1.82) is 0 Å². The summed E-state index contributed by atoms with van der Waals surface area (Å²) in [6.07, 6.45) is -4.67. The van der Waals surface area contributed by atoms with E-state index in [1.165, 1.54) is 0 Å². The standard InChI is InChI=1S/C14H10ClF3N2O2/c15-9-3-1-2-8(6-9)7-19-12(21)10-4-5-11(14(16,17)18)20-13(10)22/h1-6H,7H2,(H,19,21)(H,20,22). The van der Waals surface area contributed by atoms with E-state index in [0.29, 0.717) is 16.7 Å². The fourth-order valence-electron chi connectivity index (χ4n) is 1.74. The summed E-state index contributed by atoms with van der Waals surface area (Å²) in [6.45, 7) is 0.0971. The first-order valence-electron chi connectivity index (χ1n) is 6.10. The normalized spacial score (nSPS) is 11.3. The Hall–Kier alpha value is -2.28. The van der Waals surface area contributed by atoms with Gasteiger partial charge in [0, 0.05) is 11.6 Å². The van der Waals surface area contributed by atoms with Crippen molar-refractivity contribution in [3.05, 3.63) is 68.6 Å². The molecule has 0 aliphatic rings. The Morgan fingerprint density at radius 2 is 1.95 bits per heavy atom. The van der Waals surface area contributed by atoms with Gasteiger partial charge in [0.15, 0.2) is 0 Å². The van der Waals surface area contributed by atoms with Crippen LogP contribution in [0, 0.1) is 0 Å². The second-order valence-electron chi connectivity index (χ2n) is 4.43. The summed E-state index contributed by atoms with van der Waals surface area (Å²) in [5.41, 5.74) is -2.00. The summed E-state index contributed by atoms with van der Waals surface area (Å²) < 4.78 is 37.3. The lowest BCUT2D eigenvalue weighted by molar-refractivity contribution is -0.141. The summed E-state index contributed by atoms with van der Waals surface area (Å²) in [4.78, 5) is 25.0. The molecule has 1 aromatic heterocycles. The molecule has 8 heteroatoms. The molecule has 1 heterocycles. The minimum absolute atomic E-state index is 0.0971. The van der Waals surface area contributed by atoms with Crippen LogP contribution in [0.3, 0.4) is 0 Å². The van der Waals surface area contributed by atoms with Gasteiger partial charge in [-0.15, -0.1) is 0 Å². The number of benzene rings is 1. The van der Waals surface area contributed by atoms with Crippen LogP contribution in [0.15, 0.2) is 41.2 Å². The Bertz CT molecular complexity index is 756. The van der Waals surface area contributed by atoms with E-state index in [1.54, 1.807) is 29.2 Å². The predicted molar refractivity (Wildman–Crippen MR) is 74.7 cm³/mol. The van der Waals surface area contributed by atoms with E-state index in [2.05, 4.69) is 5.32 Å². The monoisotopic (exact) mass is 330 g/mol. The van der Waals surface area contributed by atoms with Gasteiger partial charge in [0.1, 0.15) is 11.3 Å². The molecule has 0 saturated heterocycles. The second-order valence-corrected chi connectivity index (χ2v) is 4.86. The smallest absolute Gasteiger partial charge is 0.348 e. The Kier molecular flexibility index (Phi) is 4.56. The Morgan fingerprint density at radius 3 is 2.55 bits per heavy atom. The lowest BCUT2D eigenvalue weighted by Crippen LogP contribution is -2.30. The minimum Gasteiger partial charge on any atom is -0.348 e. The maximum absolute atomic E-state index is 12.4. The third-order valence-corrected chi connectivity index (χ3v) is 3.04. The fourth-order valence-corrected chi connectivity index (χ4v) is 1.96. The fraction of sp³-hybridized carbons (Fsp3) is 0.143. The molecular formula is C14H10ClF3N2O2. The molecule has 22 heavy (non-hydrogen) atoms. The van der Waals surface area contributed by atoms with Crippen LogP contribution < -0.4 is 10.9 Å². The number of pyridine rings is 1. The van der Waals surface area contributed by atoms with Crippen LogP contribution in [0.4, 0.5) is 13.2 Å². The van der Waals surface area contributed by atoms with E-state index in [4.69, 9.17) is 11.6 Å². The highest BCUT2D eigenvalue weighted by atomic mass is 35.5. The number of amides is 1. The number of H-pyrrole nitrogens is 1. The minimum atomic E-state index is -4.67. The molecule has 2 aromatic rings. The zero-order valence-electron chi connectivity index (χ0n) is 11.0. The average molecular weight is 331 g/mol. The third-order valence-electron chi connectivity index (χ3n) is 2.80. The highest BCUT2D eigenvalue weighted by molar-refractivity contribution is 6.30. The van der Waals surface area contributed by atoms with Gasteiger partial charge in [0.2, 0.25) is 0 Å². The van der Waals surface area contributed by atoms with Gasteiger partial charge in [-0.3, -0.25) is 9.59 Å². The summed E-state index contributed by atoms with van der Waals surface area (Å²) >= 11 is 5.79. The highest BCUT2D eigenvalue weighted by Crippen LogP contribution is 2.26. The largest absolute Gasteiger partial charge is 0.431 e. The van der Waals surface area contributed by atoms with E-state index >= 15 is 0 Å². The molecule has 0 aliphatic heterocycles. The highest BCUT2D eigenvalue weighted by Gasteiger charge is 2.32. The van der Waals surface area contributed by atoms with E-state index in [1.807, 2.05) is 0 Å². The molecule has 0 fully saturated rings. The summed E-state index contributed by atoms with van der Waals surface area (Å²) in [5, 5.41) is 2.93. The molecule has 0 unspecified atom stereocenters. The quantitative estimate of drug-likeness (QED) is 0.909. The molecule has 116 valence electrons. The molecule has 0 radical (unpaired) electrons. The Morgan fingerprint density at radius 1 is 1.23 bits per heavy atom. The number of aromatic amines is 1. The number of halogens is 4. The van der Waals surface area contributed by atoms with Crippen LogP contribution >= 0.6 is 11.6 Å². The maximum atomic E-state index is 12.4. The molecule has 1 aromatic carbocycles. The Balaban J connectivity index is 2.12.